The van der Waals surface area contributed by atoms with Gasteiger partial charge >= 0.3 is 5.69 Å². The van der Waals surface area contributed by atoms with Crippen molar-refractivity contribution in [3.05, 3.63) is 38.7 Å². The van der Waals surface area contributed by atoms with Crippen LogP contribution in [-0.4, -0.2) is 36.1 Å². The standard InChI is InChI=1S/C18H30N2O4/c1-7-8-10-18(3,4)20-16(21)14(2)12-19(17(20)22)11-9-15(24-6)13-23-5/h9,11-12,15H,7-8,10,13H2,1-6H3/b11-9-/t15-/m0/s1. The zero-order chi connectivity index (χ0) is 18.3. The molecule has 1 heterocycles. The van der Waals surface area contributed by atoms with Crippen LogP contribution in [0, 0.1) is 6.92 Å². The molecule has 6 heteroatoms. The van der Waals surface area contributed by atoms with E-state index in [2.05, 4.69) is 6.92 Å². The van der Waals surface area contributed by atoms with Crippen molar-refractivity contribution >= 4 is 6.20 Å². The Bertz CT molecular complexity index is 671. The summed E-state index contributed by atoms with van der Waals surface area (Å²) in [6, 6.07) is 0. The van der Waals surface area contributed by atoms with E-state index in [4.69, 9.17) is 9.47 Å². The highest BCUT2D eigenvalue weighted by Crippen LogP contribution is 2.19. The molecule has 1 aromatic heterocycles. The van der Waals surface area contributed by atoms with Crippen LogP contribution < -0.4 is 11.2 Å². The van der Waals surface area contributed by atoms with Crippen molar-refractivity contribution in [2.24, 2.45) is 0 Å². The Morgan fingerprint density at radius 3 is 2.50 bits per heavy atom. The number of rotatable bonds is 9. The molecule has 0 unspecified atom stereocenters. The van der Waals surface area contributed by atoms with E-state index >= 15 is 0 Å². The number of nitrogens with zero attached hydrogens (tertiary/aromatic N) is 2. The zero-order valence-electron chi connectivity index (χ0n) is 15.7. The summed E-state index contributed by atoms with van der Waals surface area (Å²) in [5, 5.41) is 0. The maximum Gasteiger partial charge on any atom is 0.335 e. The first-order valence-electron chi connectivity index (χ1n) is 8.33. The Hall–Kier alpha value is -1.66. The predicted molar refractivity (Wildman–Crippen MR) is 96.5 cm³/mol. The number of hydrogen-bond acceptors (Lipinski definition) is 4. The highest BCUT2D eigenvalue weighted by Gasteiger charge is 2.25. The molecule has 0 radical (unpaired) electrons. The Kier molecular flexibility index (Phi) is 7.63. The van der Waals surface area contributed by atoms with E-state index in [9.17, 15) is 9.59 Å². The fourth-order valence-electron chi connectivity index (χ4n) is 2.61. The maximum absolute atomic E-state index is 12.8. The lowest BCUT2D eigenvalue weighted by molar-refractivity contribution is 0.0575. The number of aryl methyl sites for hydroxylation is 1. The Balaban J connectivity index is 3.34. The molecule has 24 heavy (non-hydrogen) atoms. The number of aromatic nitrogens is 2. The normalized spacial score (nSPS) is 13.6. The minimum Gasteiger partial charge on any atom is -0.382 e. The summed E-state index contributed by atoms with van der Waals surface area (Å²) >= 11 is 0. The summed E-state index contributed by atoms with van der Waals surface area (Å²) in [5.41, 5.74) is -0.565. The Labute approximate surface area is 143 Å². The highest BCUT2D eigenvalue weighted by molar-refractivity contribution is 5.25. The molecule has 0 fully saturated rings. The summed E-state index contributed by atoms with van der Waals surface area (Å²) in [5.74, 6) is 0. The molecule has 1 atom stereocenters. The molecule has 1 rings (SSSR count). The van der Waals surface area contributed by atoms with Gasteiger partial charge in [0.2, 0.25) is 0 Å². The van der Waals surface area contributed by atoms with Gasteiger partial charge in [-0.25, -0.2) is 4.79 Å². The summed E-state index contributed by atoms with van der Waals surface area (Å²) in [6.45, 7) is 8.07. The van der Waals surface area contributed by atoms with Crippen molar-refractivity contribution in [3.63, 3.8) is 0 Å². The van der Waals surface area contributed by atoms with Crippen molar-refractivity contribution in [1.29, 1.82) is 0 Å². The molecule has 0 spiro atoms. The van der Waals surface area contributed by atoms with Gasteiger partial charge in [-0.2, -0.15) is 0 Å². The largest absolute Gasteiger partial charge is 0.382 e. The van der Waals surface area contributed by atoms with Gasteiger partial charge in [-0.1, -0.05) is 19.8 Å². The van der Waals surface area contributed by atoms with Crippen LogP contribution in [0.25, 0.3) is 6.20 Å². The smallest absolute Gasteiger partial charge is 0.335 e. The number of hydrogen-bond donors (Lipinski definition) is 0. The fourth-order valence-corrected chi connectivity index (χ4v) is 2.61. The average molecular weight is 338 g/mol. The van der Waals surface area contributed by atoms with Gasteiger partial charge < -0.3 is 9.47 Å². The van der Waals surface area contributed by atoms with Gasteiger partial charge in [0.05, 0.1) is 6.61 Å². The Morgan fingerprint density at radius 1 is 1.29 bits per heavy atom. The third-order valence-corrected chi connectivity index (χ3v) is 4.13. The van der Waals surface area contributed by atoms with E-state index in [0.717, 1.165) is 19.3 Å². The van der Waals surface area contributed by atoms with Crippen LogP contribution in [0.2, 0.25) is 0 Å². The van der Waals surface area contributed by atoms with Gasteiger partial charge in [0.1, 0.15) is 6.10 Å². The molecule has 0 aliphatic carbocycles. The van der Waals surface area contributed by atoms with Crippen molar-refractivity contribution in [2.75, 3.05) is 20.8 Å². The number of methoxy groups -OCH3 is 2. The van der Waals surface area contributed by atoms with Gasteiger partial charge in [-0.3, -0.25) is 13.9 Å². The lowest BCUT2D eigenvalue weighted by Crippen LogP contribution is -2.48. The predicted octanol–water partition coefficient (Wildman–Crippen LogP) is 2.38. The number of unbranched alkanes of at least 4 members (excludes halogenated alkanes) is 1. The summed E-state index contributed by atoms with van der Waals surface area (Å²) < 4.78 is 13.1. The van der Waals surface area contributed by atoms with Gasteiger partial charge in [0.25, 0.3) is 5.56 Å². The first kappa shape index (κ1) is 20.4. The summed E-state index contributed by atoms with van der Waals surface area (Å²) in [4.78, 5) is 25.3. The van der Waals surface area contributed by atoms with E-state index in [0.29, 0.717) is 12.2 Å². The van der Waals surface area contributed by atoms with Gasteiger partial charge in [0.15, 0.2) is 0 Å². The topological polar surface area (TPSA) is 62.5 Å². The van der Waals surface area contributed by atoms with Crippen LogP contribution in [0.4, 0.5) is 0 Å². The molecule has 0 saturated heterocycles. The molecule has 136 valence electrons. The minimum absolute atomic E-state index is 0.231. The lowest BCUT2D eigenvalue weighted by Gasteiger charge is -2.27. The second kappa shape index (κ2) is 8.99. The molecule has 0 aliphatic heterocycles. The molecule has 0 saturated carbocycles. The quantitative estimate of drug-likeness (QED) is 0.693. The third-order valence-electron chi connectivity index (χ3n) is 4.13. The summed E-state index contributed by atoms with van der Waals surface area (Å²) in [6.07, 6.45) is 7.44. The van der Waals surface area contributed by atoms with Crippen LogP contribution in [0.1, 0.15) is 45.6 Å². The van der Waals surface area contributed by atoms with Crippen LogP contribution >= 0.6 is 0 Å². The van der Waals surface area contributed by atoms with Crippen molar-refractivity contribution < 1.29 is 9.47 Å². The van der Waals surface area contributed by atoms with E-state index < -0.39 is 5.54 Å². The molecule has 0 bridgehead atoms. The molecule has 0 aromatic carbocycles. The second-order valence-electron chi connectivity index (χ2n) is 6.63. The molecule has 1 aromatic rings. The molecule has 0 N–H and O–H groups in total. The fraction of sp³-hybridized carbons (Fsp3) is 0.667. The molecule has 0 amide bonds. The molecule has 0 aliphatic rings. The highest BCUT2D eigenvalue weighted by atomic mass is 16.5. The van der Waals surface area contributed by atoms with Crippen LogP contribution in [-0.2, 0) is 15.0 Å². The van der Waals surface area contributed by atoms with Gasteiger partial charge in [-0.05, 0) is 33.3 Å². The SMILES string of the molecule is CCCCC(C)(C)n1c(=O)c(C)cn(/C=C\[C@@H](COC)OC)c1=O. The molecular formula is C18H30N2O4. The van der Waals surface area contributed by atoms with Crippen molar-refractivity contribution in [2.45, 2.75) is 58.6 Å². The van der Waals surface area contributed by atoms with Crippen LogP contribution in [0.5, 0.6) is 0 Å². The second-order valence-corrected chi connectivity index (χ2v) is 6.63. The number of ether oxygens (including phenoxy) is 2. The van der Waals surface area contributed by atoms with Crippen molar-refractivity contribution in [1.82, 2.24) is 9.13 Å². The third kappa shape index (κ3) is 4.92. The first-order valence-corrected chi connectivity index (χ1v) is 8.33. The monoisotopic (exact) mass is 338 g/mol. The zero-order valence-corrected chi connectivity index (χ0v) is 15.7. The molecule has 6 nitrogen and oxygen atoms in total. The van der Waals surface area contributed by atoms with E-state index in [-0.39, 0.29) is 17.4 Å². The van der Waals surface area contributed by atoms with E-state index in [1.807, 2.05) is 13.8 Å². The minimum atomic E-state index is -0.529. The van der Waals surface area contributed by atoms with Crippen LogP contribution in [0.15, 0.2) is 21.9 Å². The lowest BCUT2D eigenvalue weighted by atomic mass is 9.97. The first-order chi connectivity index (χ1) is 11.3. The van der Waals surface area contributed by atoms with Gasteiger partial charge in [0, 0.05) is 37.7 Å². The average Bonchev–Trinajstić information content (AvgIpc) is 2.53. The van der Waals surface area contributed by atoms with Crippen molar-refractivity contribution in [3.8, 4) is 0 Å². The van der Waals surface area contributed by atoms with E-state index in [1.54, 1.807) is 39.6 Å². The van der Waals surface area contributed by atoms with Crippen LogP contribution in [0.3, 0.4) is 0 Å². The molecular weight excluding hydrogens is 308 g/mol. The Morgan fingerprint density at radius 2 is 1.96 bits per heavy atom. The van der Waals surface area contributed by atoms with E-state index in [1.165, 1.54) is 9.13 Å². The maximum atomic E-state index is 12.8. The van der Waals surface area contributed by atoms with Gasteiger partial charge in [-0.15, -0.1) is 0 Å². The summed E-state index contributed by atoms with van der Waals surface area (Å²) in [7, 11) is 3.17.